The van der Waals surface area contributed by atoms with Crippen LogP contribution in [0.3, 0.4) is 0 Å². The Morgan fingerprint density at radius 2 is 1.36 bits per heavy atom. The van der Waals surface area contributed by atoms with Crippen LogP contribution in [-0.4, -0.2) is 17.2 Å². The van der Waals surface area contributed by atoms with Gasteiger partial charge < -0.3 is 5.32 Å². The molecule has 1 N–H and O–H groups in total. The van der Waals surface area contributed by atoms with E-state index in [9.17, 15) is 9.59 Å². The summed E-state index contributed by atoms with van der Waals surface area (Å²) in [4.78, 5) is 25.5. The standard InChI is InChI=1S/C19H21NO2/c1-19(2,3)20-18(22)16(14-10-6-4-7-11-14)17(21)15-12-8-5-9-13-15/h4-13,16H,1-3H3,(H,20,22). The maximum atomic E-state index is 12.8. The molecule has 0 aliphatic rings. The van der Waals surface area contributed by atoms with Crippen LogP contribution in [0.4, 0.5) is 0 Å². The van der Waals surface area contributed by atoms with Crippen LogP contribution in [0.1, 0.15) is 42.6 Å². The predicted molar refractivity (Wildman–Crippen MR) is 87.9 cm³/mol. The Balaban J connectivity index is 2.38. The lowest BCUT2D eigenvalue weighted by atomic mass is 9.89. The van der Waals surface area contributed by atoms with E-state index in [4.69, 9.17) is 0 Å². The summed E-state index contributed by atoms with van der Waals surface area (Å²) in [6.07, 6.45) is 0. The van der Waals surface area contributed by atoms with E-state index in [1.807, 2.05) is 57.2 Å². The second kappa shape index (κ2) is 6.56. The van der Waals surface area contributed by atoms with Gasteiger partial charge in [0.1, 0.15) is 5.92 Å². The first-order chi connectivity index (χ1) is 10.4. The Morgan fingerprint density at radius 1 is 0.864 bits per heavy atom. The van der Waals surface area contributed by atoms with Gasteiger partial charge in [-0.2, -0.15) is 0 Å². The summed E-state index contributed by atoms with van der Waals surface area (Å²) < 4.78 is 0. The molecule has 22 heavy (non-hydrogen) atoms. The van der Waals surface area contributed by atoms with Crippen LogP contribution in [0.25, 0.3) is 0 Å². The molecule has 0 fully saturated rings. The smallest absolute Gasteiger partial charge is 0.235 e. The molecule has 0 heterocycles. The Kier molecular flexibility index (Phi) is 4.76. The van der Waals surface area contributed by atoms with Gasteiger partial charge in [0.25, 0.3) is 0 Å². The van der Waals surface area contributed by atoms with E-state index in [1.54, 1.807) is 24.3 Å². The average Bonchev–Trinajstić information content (AvgIpc) is 2.47. The lowest BCUT2D eigenvalue weighted by molar-refractivity contribution is -0.122. The van der Waals surface area contributed by atoms with Crippen LogP contribution in [0, 0.1) is 0 Å². The maximum Gasteiger partial charge on any atom is 0.235 e. The summed E-state index contributed by atoms with van der Waals surface area (Å²) in [6.45, 7) is 5.71. The van der Waals surface area contributed by atoms with Gasteiger partial charge in [0, 0.05) is 11.1 Å². The lowest BCUT2D eigenvalue weighted by Gasteiger charge is -2.24. The monoisotopic (exact) mass is 295 g/mol. The molecule has 2 aromatic rings. The van der Waals surface area contributed by atoms with E-state index < -0.39 is 5.92 Å². The van der Waals surface area contributed by atoms with Gasteiger partial charge in [-0.1, -0.05) is 60.7 Å². The molecule has 1 atom stereocenters. The largest absolute Gasteiger partial charge is 0.351 e. The van der Waals surface area contributed by atoms with Gasteiger partial charge in [-0.05, 0) is 26.3 Å². The molecule has 0 radical (unpaired) electrons. The maximum absolute atomic E-state index is 12.8. The fourth-order valence-electron chi connectivity index (χ4n) is 2.28. The lowest BCUT2D eigenvalue weighted by Crippen LogP contribution is -2.45. The quantitative estimate of drug-likeness (QED) is 0.692. The molecule has 0 aliphatic carbocycles. The zero-order valence-corrected chi connectivity index (χ0v) is 13.2. The van der Waals surface area contributed by atoms with Crippen molar-refractivity contribution < 1.29 is 9.59 Å². The van der Waals surface area contributed by atoms with Gasteiger partial charge >= 0.3 is 0 Å². The Hall–Kier alpha value is -2.42. The Bertz CT molecular complexity index is 642. The van der Waals surface area contributed by atoms with Crippen molar-refractivity contribution in [1.82, 2.24) is 5.32 Å². The number of amides is 1. The van der Waals surface area contributed by atoms with Crippen molar-refractivity contribution in [2.75, 3.05) is 0 Å². The summed E-state index contributed by atoms with van der Waals surface area (Å²) in [5.74, 6) is -1.29. The average molecular weight is 295 g/mol. The summed E-state index contributed by atoms with van der Waals surface area (Å²) in [7, 11) is 0. The van der Waals surface area contributed by atoms with Crippen molar-refractivity contribution in [1.29, 1.82) is 0 Å². The third-order valence-electron chi connectivity index (χ3n) is 3.21. The number of rotatable bonds is 4. The van der Waals surface area contributed by atoms with Gasteiger partial charge in [0.2, 0.25) is 5.91 Å². The zero-order chi connectivity index (χ0) is 16.2. The second-order valence-corrected chi connectivity index (χ2v) is 6.31. The highest BCUT2D eigenvalue weighted by molar-refractivity contribution is 6.14. The van der Waals surface area contributed by atoms with Crippen molar-refractivity contribution in [3.63, 3.8) is 0 Å². The molecule has 2 aromatic carbocycles. The molecule has 0 aliphatic heterocycles. The summed E-state index contributed by atoms with van der Waals surface area (Å²) in [6, 6.07) is 18.1. The number of hydrogen-bond acceptors (Lipinski definition) is 2. The van der Waals surface area contributed by atoms with Gasteiger partial charge in [-0.3, -0.25) is 9.59 Å². The van der Waals surface area contributed by atoms with Crippen LogP contribution >= 0.6 is 0 Å². The van der Waals surface area contributed by atoms with Crippen LogP contribution in [0.15, 0.2) is 60.7 Å². The number of carbonyl (C=O) groups is 2. The number of carbonyl (C=O) groups excluding carboxylic acids is 2. The Labute approximate surface area is 131 Å². The van der Waals surface area contributed by atoms with Gasteiger partial charge in [0.15, 0.2) is 5.78 Å². The Morgan fingerprint density at radius 3 is 1.86 bits per heavy atom. The van der Waals surface area contributed by atoms with Crippen LogP contribution < -0.4 is 5.32 Å². The zero-order valence-electron chi connectivity index (χ0n) is 13.2. The summed E-state index contributed by atoms with van der Waals surface area (Å²) in [5.41, 5.74) is 0.861. The first-order valence-electron chi connectivity index (χ1n) is 7.35. The minimum Gasteiger partial charge on any atom is -0.351 e. The predicted octanol–water partition coefficient (Wildman–Crippen LogP) is 3.57. The molecule has 0 saturated carbocycles. The highest BCUT2D eigenvalue weighted by Gasteiger charge is 2.31. The van der Waals surface area contributed by atoms with Gasteiger partial charge in [-0.25, -0.2) is 0 Å². The van der Waals surface area contributed by atoms with Crippen molar-refractivity contribution in [3.8, 4) is 0 Å². The number of Topliss-reactive ketones (excluding diaryl/α,β-unsaturated/α-hetero) is 1. The van der Waals surface area contributed by atoms with Gasteiger partial charge in [-0.15, -0.1) is 0 Å². The highest BCUT2D eigenvalue weighted by Crippen LogP contribution is 2.22. The molecular weight excluding hydrogens is 274 g/mol. The number of hydrogen-bond donors (Lipinski definition) is 1. The molecule has 0 spiro atoms. The topological polar surface area (TPSA) is 46.2 Å². The molecule has 3 nitrogen and oxygen atoms in total. The SMILES string of the molecule is CC(C)(C)NC(=O)C(C(=O)c1ccccc1)c1ccccc1. The van der Waals surface area contributed by atoms with E-state index in [2.05, 4.69) is 5.32 Å². The highest BCUT2D eigenvalue weighted by atomic mass is 16.2. The molecule has 0 aromatic heterocycles. The van der Waals surface area contributed by atoms with Crippen molar-refractivity contribution in [2.24, 2.45) is 0 Å². The molecular formula is C19H21NO2. The van der Waals surface area contributed by atoms with Crippen molar-refractivity contribution in [2.45, 2.75) is 32.2 Å². The van der Waals surface area contributed by atoms with E-state index in [-0.39, 0.29) is 17.2 Å². The van der Waals surface area contributed by atoms with E-state index in [0.717, 1.165) is 0 Å². The molecule has 1 amide bonds. The molecule has 114 valence electrons. The number of nitrogens with one attached hydrogen (secondary N) is 1. The number of benzene rings is 2. The fourth-order valence-corrected chi connectivity index (χ4v) is 2.28. The van der Waals surface area contributed by atoms with E-state index >= 15 is 0 Å². The normalized spacial score (nSPS) is 12.5. The van der Waals surface area contributed by atoms with Crippen molar-refractivity contribution >= 4 is 11.7 Å². The first-order valence-corrected chi connectivity index (χ1v) is 7.35. The summed E-state index contributed by atoms with van der Waals surface area (Å²) >= 11 is 0. The van der Waals surface area contributed by atoms with E-state index in [0.29, 0.717) is 11.1 Å². The van der Waals surface area contributed by atoms with E-state index in [1.165, 1.54) is 0 Å². The fraction of sp³-hybridized carbons (Fsp3) is 0.263. The molecule has 3 heteroatoms. The number of ketones is 1. The van der Waals surface area contributed by atoms with Crippen LogP contribution in [0.5, 0.6) is 0 Å². The van der Waals surface area contributed by atoms with Crippen molar-refractivity contribution in [3.05, 3.63) is 71.8 Å². The molecule has 2 rings (SSSR count). The minimum absolute atomic E-state index is 0.187. The van der Waals surface area contributed by atoms with Gasteiger partial charge in [0.05, 0.1) is 0 Å². The third-order valence-corrected chi connectivity index (χ3v) is 3.21. The molecule has 0 saturated heterocycles. The molecule has 0 bridgehead atoms. The minimum atomic E-state index is -0.831. The third kappa shape index (κ3) is 4.04. The van der Waals surface area contributed by atoms with Crippen LogP contribution in [-0.2, 0) is 4.79 Å². The van der Waals surface area contributed by atoms with Crippen LogP contribution in [0.2, 0.25) is 0 Å². The first kappa shape index (κ1) is 16.0. The second-order valence-electron chi connectivity index (χ2n) is 6.31. The summed E-state index contributed by atoms with van der Waals surface area (Å²) in [5, 5.41) is 2.91. The molecule has 1 unspecified atom stereocenters.